The predicted octanol–water partition coefficient (Wildman–Crippen LogP) is 3.50. The van der Waals surface area contributed by atoms with Crippen molar-refractivity contribution in [3.8, 4) is 0 Å². The van der Waals surface area contributed by atoms with Crippen molar-refractivity contribution in [2.24, 2.45) is 5.73 Å². The van der Waals surface area contributed by atoms with E-state index in [1.54, 1.807) is 24.3 Å². The standard InChI is InChI=1S/C13H11BrClFN2O2S/c14-9-1-3-10(4-2-9)18-21(19,20)11-5-8(7-17)13(15)12(16)6-11/h1-6,18H,7,17H2. The zero-order valence-corrected chi connectivity index (χ0v) is 13.8. The zero-order chi connectivity index (χ0) is 15.6. The highest BCUT2D eigenvalue weighted by Gasteiger charge is 2.18. The first-order valence-electron chi connectivity index (χ1n) is 5.80. The molecule has 0 aliphatic rings. The van der Waals surface area contributed by atoms with Crippen LogP contribution in [-0.4, -0.2) is 8.42 Å². The highest BCUT2D eigenvalue weighted by Crippen LogP contribution is 2.25. The van der Waals surface area contributed by atoms with E-state index in [0.29, 0.717) is 5.69 Å². The highest BCUT2D eigenvalue weighted by molar-refractivity contribution is 9.10. The molecule has 2 aromatic rings. The molecule has 0 saturated heterocycles. The minimum atomic E-state index is -3.92. The van der Waals surface area contributed by atoms with Crippen LogP contribution in [0.25, 0.3) is 0 Å². The predicted molar refractivity (Wildman–Crippen MR) is 84.3 cm³/mol. The lowest BCUT2D eigenvalue weighted by Gasteiger charge is -2.11. The summed E-state index contributed by atoms with van der Waals surface area (Å²) in [6, 6.07) is 8.65. The number of hydrogen-bond donors (Lipinski definition) is 2. The van der Waals surface area contributed by atoms with Crippen molar-refractivity contribution in [2.45, 2.75) is 11.4 Å². The summed E-state index contributed by atoms with van der Waals surface area (Å²) in [7, 11) is -3.92. The van der Waals surface area contributed by atoms with Crippen LogP contribution < -0.4 is 10.5 Å². The van der Waals surface area contributed by atoms with Gasteiger partial charge in [-0.25, -0.2) is 12.8 Å². The van der Waals surface area contributed by atoms with Crippen molar-refractivity contribution >= 4 is 43.2 Å². The summed E-state index contributed by atoms with van der Waals surface area (Å²) in [5.74, 6) is -0.823. The fourth-order valence-corrected chi connectivity index (χ4v) is 3.22. The van der Waals surface area contributed by atoms with Crippen LogP contribution in [0.4, 0.5) is 10.1 Å². The van der Waals surface area contributed by atoms with Gasteiger partial charge in [0.1, 0.15) is 5.82 Å². The Morgan fingerprint density at radius 1 is 1.24 bits per heavy atom. The van der Waals surface area contributed by atoms with Gasteiger partial charge in [0.05, 0.1) is 9.92 Å². The van der Waals surface area contributed by atoms with Crippen molar-refractivity contribution in [1.29, 1.82) is 0 Å². The van der Waals surface area contributed by atoms with E-state index >= 15 is 0 Å². The first kappa shape index (κ1) is 16.2. The normalized spacial score (nSPS) is 11.4. The molecule has 0 bridgehead atoms. The summed E-state index contributed by atoms with van der Waals surface area (Å²) < 4.78 is 41.3. The van der Waals surface area contributed by atoms with Gasteiger partial charge in [-0.3, -0.25) is 4.72 Å². The summed E-state index contributed by atoms with van der Waals surface area (Å²) in [6.07, 6.45) is 0. The van der Waals surface area contributed by atoms with E-state index in [1.165, 1.54) is 6.07 Å². The molecule has 2 rings (SSSR count). The van der Waals surface area contributed by atoms with E-state index in [-0.39, 0.29) is 22.0 Å². The van der Waals surface area contributed by atoms with Crippen LogP contribution >= 0.6 is 27.5 Å². The van der Waals surface area contributed by atoms with Crippen LogP contribution in [0, 0.1) is 5.82 Å². The molecular weight excluding hydrogens is 383 g/mol. The van der Waals surface area contributed by atoms with E-state index in [2.05, 4.69) is 20.7 Å². The zero-order valence-electron chi connectivity index (χ0n) is 10.6. The monoisotopic (exact) mass is 392 g/mol. The van der Waals surface area contributed by atoms with E-state index in [4.69, 9.17) is 17.3 Å². The van der Waals surface area contributed by atoms with Crippen molar-refractivity contribution < 1.29 is 12.8 Å². The molecule has 0 saturated carbocycles. The highest BCUT2D eigenvalue weighted by atomic mass is 79.9. The van der Waals surface area contributed by atoms with E-state index in [9.17, 15) is 12.8 Å². The number of rotatable bonds is 4. The molecule has 2 aromatic carbocycles. The first-order chi connectivity index (χ1) is 9.83. The van der Waals surface area contributed by atoms with Gasteiger partial charge < -0.3 is 5.73 Å². The van der Waals surface area contributed by atoms with Gasteiger partial charge in [0, 0.05) is 16.7 Å². The smallest absolute Gasteiger partial charge is 0.262 e. The third kappa shape index (κ3) is 3.74. The lowest BCUT2D eigenvalue weighted by Crippen LogP contribution is -2.14. The molecular formula is C13H11BrClFN2O2S. The molecule has 0 aliphatic heterocycles. The number of anilines is 1. The third-order valence-electron chi connectivity index (χ3n) is 2.70. The van der Waals surface area contributed by atoms with Crippen molar-refractivity contribution in [2.75, 3.05) is 4.72 Å². The summed E-state index contributed by atoms with van der Waals surface area (Å²) in [5.41, 5.74) is 6.02. The molecule has 0 heterocycles. The Kier molecular flexibility index (Phi) is 4.88. The van der Waals surface area contributed by atoms with Crippen LogP contribution in [0.15, 0.2) is 45.8 Å². The summed E-state index contributed by atoms with van der Waals surface area (Å²) >= 11 is 8.97. The summed E-state index contributed by atoms with van der Waals surface area (Å²) in [6.45, 7) is -0.0581. The number of hydrogen-bond acceptors (Lipinski definition) is 3. The molecule has 0 aromatic heterocycles. The topological polar surface area (TPSA) is 72.2 Å². The van der Waals surface area contributed by atoms with Crippen LogP contribution in [0.5, 0.6) is 0 Å². The second kappa shape index (κ2) is 6.31. The van der Waals surface area contributed by atoms with Crippen LogP contribution in [-0.2, 0) is 16.6 Å². The molecule has 0 atom stereocenters. The first-order valence-corrected chi connectivity index (χ1v) is 8.45. The second-order valence-corrected chi connectivity index (χ2v) is 7.17. The third-order valence-corrected chi connectivity index (χ3v) is 5.02. The maximum atomic E-state index is 13.7. The molecule has 4 nitrogen and oxygen atoms in total. The van der Waals surface area contributed by atoms with E-state index in [0.717, 1.165) is 10.5 Å². The molecule has 0 fully saturated rings. The van der Waals surface area contributed by atoms with Crippen LogP contribution in [0.1, 0.15) is 5.56 Å². The number of benzene rings is 2. The second-order valence-electron chi connectivity index (χ2n) is 4.19. The molecule has 8 heteroatoms. The molecule has 112 valence electrons. The number of nitrogens with two attached hydrogens (primary N) is 1. The molecule has 3 N–H and O–H groups in total. The SMILES string of the molecule is NCc1cc(S(=O)(=O)Nc2ccc(Br)cc2)cc(F)c1Cl. The Labute approximate surface area is 135 Å². The van der Waals surface area contributed by atoms with E-state index < -0.39 is 15.8 Å². The average molecular weight is 394 g/mol. The quantitative estimate of drug-likeness (QED) is 0.835. The van der Waals surface area contributed by atoms with Gasteiger partial charge in [0.25, 0.3) is 10.0 Å². The van der Waals surface area contributed by atoms with Crippen molar-refractivity contribution in [3.05, 3.63) is 57.3 Å². The Morgan fingerprint density at radius 2 is 1.86 bits per heavy atom. The van der Waals surface area contributed by atoms with Gasteiger partial charge >= 0.3 is 0 Å². The lowest BCUT2D eigenvalue weighted by atomic mass is 10.2. The Bertz CT molecular complexity index is 766. The van der Waals surface area contributed by atoms with Crippen LogP contribution in [0.3, 0.4) is 0 Å². The fraction of sp³-hybridized carbons (Fsp3) is 0.0769. The Morgan fingerprint density at radius 3 is 2.43 bits per heavy atom. The molecule has 0 unspecified atom stereocenters. The molecule has 0 spiro atoms. The maximum absolute atomic E-state index is 13.7. The summed E-state index contributed by atoms with van der Waals surface area (Å²) in [5, 5.41) is -0.167. The van der Waals surface area contributed by atoms with Crippen molar-refractivity contribution in [1.82, 2.24) is 0 Å². The van der Waals surface area contributed by atoms with Gasteiger partial charge in [0.15, 0.2) is 0 Å². The lowest BCUT2D eigenvalue weighted by molar-refractivity contribution is 0.594. The number of halogens is 3. The minimum absolute atomic E-state index is 0.0581. The maximum Gasteiger partial charge on any atom is 0.262 e. The fourth-order valence-electron chi connectivity index (χ4n) is 1.65. The largest absolute Gasteiger partial charge is 0.326 e. The van der Waals surface area contributed by atoms with E-state index in [1.807, 2.05) is 0 Å². The summed E-state index contributed by atoms with van der Waals surface area (Å²) in [4.78, 5) is -0.229. The van der Waals surface area contributed by atoms with Gasteiger partial charge in [-0.15, -0.1) is 0 Å². The number of sulfonamides is 1. The molecule has 0 aliphatic carbocycles. The van der Waals surface area contributed by atoms with Crippen molar-refractivity contribution in [3.63, 3.8) is 0 Å². The molecule has 21 heavy (non-hydrogen) atoms. The van der Waals surface area contributed by atoms with Gasteiger partial charge in [-0.1, -0.05) is 27.5 Å². The average Bonchev–Trinajstić information content (AvgIpc) is 2.44. The van der Waals surface area contributed by atoms with Gasteiger partial charge in [-0.2, -0.15) is 0 Å². The Hall–Kier alpha value is -1.15. The number of nitrogens with one attached hydrogen (secondary N) is 1. The molecule has 0 amide bonds. The van der Waals surface area contributed by atoms with Gasteiger partial charge in [-0.05, 0) is 42.0 Å². The van der Waals surface area contributed by atoms with Crippen LogP contribution in [0.2, 0.25) is 5.02 Å². The van der Waals surface area contributed by atoms with Gasteiger partial charge in [0.2, 0.25) is 0 Å². The minimum Gasteiger partial charge on any atom is -0.326 e. The Balaban J connectivity index is 2.40. The molecule has 0 radical (unpaired) electrons.